The van der Waals surface area contributed by atoms with Gasteiger partial charge in [-0.1, -0.05) is 0 Å². The van der Waals surface area contributed by atoms with E-state index >= 15 is 0 Å². The molecule has 132 valence electrons. The van der Waals surface area contributed by atoms with E-state index in [4.69, 9.17) is 4.42 Å². The van der Waals surface area contributed by atoms with Crippen LogP contribution in [0.1, 0.15) is 49.1 Å². The van der Waals surface area contributed by atoms with E-state index in [1.54, 1.807) is 0 Å². The molecule has 25 heavy (non-hydrogen) atoms. The van der Waals surface area contributed by atoms with Crippen LogP contribution >= 0.6 is 0 Å². The van der Waals surface area contributed by atoms with Crippen LogP contribution in [0, 0.1) is 0 Å². The van der Waals surface area contributed by atoms with Gasteiger partial charge in [0.2, 0.25) is 11.8 Å². The summed E-state index contributed by atoms with van der Waals surface area (Å²) in [7, 11) is 0. The minimum absolute atomic E-state index is 0.211. The number of fused-ring (bicyclic) bond motifs is 1. The van der Waals surface area contributed by atoms with Gasteiger partial charge in [0.1, 0.15) is 5.76 Å². The summed E-state index contributed by atoms with van der Waals surface area (Å²) in [6.07, 6.45) is 9.97. The first-order valence-corrected chi connectivity index (χ1v) is 9.30. The molecule has 2 aromatic heterocycles. The first kappa shape index (κ1) is 15.1. The molecule has 0 saturated carbocycles. The quantitative estimate of drug-likeness (QED) is 0.850. The van der Waals surface area contributed by atoms with Gasteiger partial charge in [-0.2, -0.15) is 5.10 Å². The van der Waals surface area contributed by atoms with Gasteiger partial charge in [-0.3, -0.25) is 14.4 Å². The number of aromatic nitrogens is 3. The van der Waals surface area contributed by atoms with Crippen LogP contribution in [0.25, 0.3) is 0 Å². The van der Waals surface area contributed by atoms with Gasteiger partial charge in [-0.05, 0) is 25.7 Å². The van der Waals surface area contributed by atoms with E-state index in [1.165, 1.54) is 18.5 Å². The Hall–Kier alpha value is -2.15. The molecule has 2 aliphatic heterocycles. The van der Waals surface area contributed by atoms with Gasteiger partial charge in [-0.15, -0.1) is 0 Å². The Morgan fingerprint density at radius 1 is 1.16 bits per heavy atom. The molecule has 0 unspecified atom stereocenters. The average molecular weight is 341 g/mol. The standard InChI is InChI=1S/C18H23N5O2/c24-18-6-3-7-22(18)13-8-19-23(11-13)14-9-21(10-14)12-17-20-15-4-1-2-5-16(15)25-17/h8,11,14H,1-7,9-10,12H2. The van der Waals surface area contributed by atoms with E-state index in [0.717, 1.165) is 62.8 Å². The number of oxazole rings is 1. The fraction of sp³-hybridized carbons (Fsp3) is 0.611. The summed E-state index contributed by atoms with van der Waals surface area (Å²) in [6, 6.07) is 0.371. The van der Waals surface area contributed by atoms with Crippen molar-refractivity contribution in [3.05, 3.63) is 29.7 Å². The molecule has 0 spiro atoms. The Balaban J connectivity index is 1.19. The Bertz CT molecular complexity index is 766. The molecule has 2 fully saturated rings. The number of nitrogens with zero attached hydrogens (tertiary/aromatic N) is 5. The van der Waals surface area contributed by atoms with Crippen molar-refractivity contribution in [2.45, 2.75) is 51.1 Å². The summed E-state index contributed by atoms with van der Waals surface area (Å²) in [5.74, 6) is 2.17. The van der Waals surface area contributed by atoms with Crippen molar-refractivity contribution in [2.24, 2.45) is 0 Å². The van der Waals surface area contributed by atoms with Gasteiger partial charge in [0.05, 0.1) is 30.2 Å². The first-order valence-electron chi connectivity index (χ1n) is 9.30. The van der Waals surface area contributed by atoms with Crippen LogP contribution in [0.5, 0.6) is 0 Å². The van der Waals surface area contributed by atoms with Gasteiger partial charge in [-0.25, -0.2) is 4.98 Å². The van der Waals surface area contributed by atoms with Crippen molar-refractivity contribution < 1.29 is 9.21 Å². The minimum atomic E-state index is 0.211. The summed E-state index contributed by atoms with van der Waals surface area (Å²) < 4.78 is 7.92. The molecule has 3 aliphatic rings. The van der Waals surface area contributed by atoms with Crippen LogP contribution in [-0.2, 0) is 24.2 Å². The van der Waals surface area contributed by atoms with Crippen molar-refractivity contribution in [3.8, 4) is 0 Å². The lowest BCUT2D eigenvalue weighted by molar-refractivity contribution is -0.117. The Kier molecular flexibility index (Phi) is 3.62. The van der Waals surface area contributed by atoms with E-state index in [1.807, 2.05) is 22.0 Å². The molecule has 7 heteroatoms. The average Bonchev–Trinajstić information content (AvgIpc) is 3.28. The molecule has 4 heterocycles. The van der Waals surface area contributed by atoms with Crippen LogP contribution in [0.2, 0.25) is 0 Å². The number of hydrogen-bond donors (Lipinski definition) is 0. The lowest BCUT2D eigenvalue weighted by Gasteiger charge is -2.38. The van der Waals surface area contributed by atoms with E-state index in [-0.39, 0.29) is 5.91 Å². The van der Waals surface area contributed by atoms with Crippen molar-refractivity contribution >= 4 is 11.6 Å². The summed E-state index contributed by atoms with van der Waals surface area (Å²) in [6.45, 7) is 3.49. The maximum absolute atomic E-state index is 11.8. The molecule has 0 N–H and O–H groups in total. The van der Waals surface area contributed by atoms with Crippen LogP contribution in [-0.4, -0.2) is 45.2 Å². The van der Waals surface area contributed by atoms with Crippen LogP contribution in [0.4, 0.5) is 5.69 Å². The molecule has 0 atom stereocenters. The number of carbonyl (C=O) groups excluding carboxylic acids is 1. The topological polar surface area (TPSA) is 67.4 Å². The molecule has 1 aliphatic carbocycles. The second kappa shape index (κ2) is 5.98. The molecule has 5 rings (SSSR count). The monoisotopic (exact) mass is 341 g/mol. The third-order valence-electron chi connectivity index (χ3n) is 5.53. The maximum atomic E-state index is 11.8. The molecule has 1 amide bonds. The molecule has 2 aromatic rings. The molecular weight excluding hydrogens is 318 g/mol. The van der Waals surface area contributed by atoms with Crippen molar-refractivity contribution in [1.29, 1.82) is 0 Å². The highest BCUT2D eigenvalue weighted by molar-refractivity contribution is 5.95. The normalized spacial score (nSPS) is 21.6. The van der Waals surface area contributed by atoms with Crippen molar-refractivity contribution in [3.63, 3.8) is 0 Å². The summed E-state index contributed by atoms with van der Waals surface area (Å²) in [5, 5.41) is 4.47. The first-order chi connectivity index (χ1) is 12.3. The molecular formula is C18H23N5O2. The van der Waals surface area contributed by atoms with E-state index in [0.29, 0.717) is 12.5 Å². The predicted molar refractivity (Wildman–Crippen MR) is 91.3 cm³/mol. The van der Waals surface area contributed by atoms with Crippen LogP contribution < -0.4 is 4.90 Å². The number of aryl methyl sites for hydroxylation is 2. The Morgan fingerprint density at radius 2 is 2.04 bits per heavy atom. The number of carbonyl (C=O) groups is 1. The number of rotatable bonds is 4. The number of hydrogen-bond acceptors (Lipinski definition) is 5. The maximum Gasteiger partial charge on any atom is 0.227 e. The molecule has 2 saturated heterocycles. The van der Waals surface area contributed by atoms with Gasteiger partial charge >= 0.3 is 0 Å². The second-order valence-electron chi connectivity index (χ2n) is 7.36. The highest BCUT2D eigenvalue weighted by atomic mass is 16.4. The zero-order valence-corrected chi connectivity index (χ0v) is 14.4. The molecule has 0 aromatic carbocycles. The SMILES string of the molecule is O=C1CCCN1c1cnn(C2CN(Cc3nc4c(o3)CCCC4)C2)c1. The fourth-order valence-corrected chi connectivity index (χ4v) is 4.09. The Labute approximate surface area is 146 Å². The zero-order valence-electron chi connectivity index (χ0n) is 14.4. The fourth-order valence-electron chi connectivity index (χ4n) is 4.09. The predicted octanol–water partition coefficient (Wildman–Crippen LogP) is 1.93. The van der Waals surface area contributed by atoms with E-state index < -0.39 is 0 Å². The van der Waals surface area contributed by atoms with Gasteiger partial charge < -0.3 is 9.32 Å². The molecule has 0 radical (unpaired) electrons. The summed E-state index contributed by atoms with van der Waals surface area (Å²) in [5.41, 5.74) is 2.10. The van der Waals surface area contributed by atoms with Gasteiger partial charge in [0.25, 0.3) is 0 Å². The third kappa shape index (κ3) is 2.76. The van der Waals surface area contributed by atoms with Crippen LogP contribution in [0.15, 0.2) is 16.8 Å². The zero-order chi connectivity index (χ0) is 16.8. The third-order valence-corrected chi connectivity index (χ3v) is 5.53. The van der Waals surface area contributed by atoms with Gasteiger partial charge in [0.15, 0.2) is 0 Å². The second-order valence-corrected chi connectivity index (χ2v) is 7.36. The minimum Gasteiger partial charge on any atom is -0.444 e. The highest BCUT2D eigenvalue weighted by Gasteiger charge is 2.31. The summed E-state index contributed by atoms with van der Waals surface area (Å²) >= 11 is 0. The van der Waals surface area contributed by atoms with E-state index in [9.17, 15) is 4.79 Å². The lowest BCUT2D eigenvalue weighted by atomic mass is 10.0. The molecule has 0 bridgehead atoms. The number of likely N-dealkylation sites (tertiary alicyclic amines) is 1. The smallest absolute Gasteiger partial charge is 0.227 e. The largest absolute Gasteiger partial charge is 0.444 e. The number of amides is 1. The van der Waals surface area contributed by atoms with Crippen molar-refractivity contribution in [1.82, 2.24) is 19.7 Å². The Morgan fingerprint density at radius 3 is 2.84 bits per heavy atom. The highest BCUT2D eigenvalue weighted by Crippen LogP contribution is 2.28. The van der Waals surface area contributed by atoms with Crippen LogP contribution in [0.3, 0.4) is 0 Å². The molecule has 7 nitrogen and oxygen atoms in total. The van der Waals surface area contributed by atoms with Crippen molar-refractivity contribution in [2.75, 3.05) is 24.5 Å². The lowest BCUT2D eigenvalue weighted by Crippen LogP contribution is -2.47. The number of anilines is 1. The van der Waals surface area contributed by atoms with Gasteiger partial charge in [0, 0.05) is 38.7 Å². The van der Waals surface area contributed by atoms with E-state index in [2.05, 4.69) is 15.0 Å². The summed E-state index contributed by atoms with van der Waals surface area (Å²) in [4.78, 5) is 20.7.